The molecule has 0 aliphatic rings. The van der Waals surface area contributed by atoms with Crippen LogP contribution in [0.2, 0.25) is 0 Å². The molecule has 3 heteroatoms. The average molecular weight is 297 g/mol. The molecule has 0 bridgehead atoms. The third-order valence-corrected chi connectivity index (χ3v) is 3.46. The summed E-state index contributed by atoms with van der Waals surface area (Å²) < 4.78 is 5.40. The zero-order valence-corrected chi connectivity index (χ0v) is 13.4. The monoisotopic (exact) mass is 297 g/mol. The van der Waals surface area contributed by atoms with E-state index in [9.17, 15) is 4.79 Å². The highest BCUT2D eigenvalue weighted by Crippen LogP contribution is 2.23. The highest BCUT2D eigenvalue weighted by atomic mass is 16.5. The van der Waals surface area contributed by atoms with Gasteiger partial charge < -0.3 is 10.1 Å². The summed E-state index contributed by atoms with van der Waals surface area (Å²) in [5.74, 6) is 1.20. The van der Waals surface area contributed by atoms with Gasteiger partial charge in [-0.05, 0) is 42.2 Å². The second kappa shape index (κ2) is 7.64. The fourth-order valence-corrected chi connectivity index (χ4v) is 2.36. The molecule has 1 N–H and O–H groups in total. The van der Waals surface area contributed by atoms with Gasteiger partial charge in [0.15, 0.2) is 0 Å². The molecule has 2 aromatic rings. The Morgan fingerprint density at radius 3 is 2.41 bits per heavy atom. The lowest BCUT2D eigenvalue weighted by atomic mass is 10.0. The summed E-state index contributed by atoms with van der Waals surface area (Å²) in [4.78, 5) is 12.2. The molecule has 0 atom stereocenters. The second-order valence-electron chi connectivity index (χ2n) is 5.54. The minimum absolute atomic E-state index is 0.00254. The van der Waals surface area contributed by atoms with E-state index in [1.165, 1.54) is 0 Å². The molecule has 116 valence electrons. The summed E-state index contributed by atoms with van der Waals surface area (Å²) in [5, 5.41) is 3.01. The van der Waals surface area contributed by atoms with Gasteiger partial charge in [0.05, 0.1) is 13.0 Å². The second-order valence-corrected chi connectivity index (χ2v) is 5.54. The first-order valence-corrected chi connectivity index (χ1v) is 7.70. The lowest BCUT2D eigenvalue weighted by Crippen LogP contribution is -2.15. The number of carbonyl (C=O) groups is 1. The van der Waals surface area contributed by atoms with Gasteiger partial charge in [-0.25, -0.2) is 0 Å². The van der Waals surface area contributed by atoms with Crippen LogP contribution < -0.4 is 10.1 Å². The largest absolute Gasteiger partial charge is 0.494 e. The number of benzene rings is 2. The van der Waals surface area contributed by atoms with Crippen LogP contribution in [0.25, 0.3) is 0 Å². The molecule has 0 unspecified atom stereocenters. The summed E-state index contributed by atoms with van der Waals surface area (Å²) >= 11 is 0. The van der Waals surface area contributed by atoms with Crippen molar-refractivity contribution in [1.29, 1.82) is 0 Å². The molecule has 0 aliphatic heterocycles. The Morgan fingerprint density at radius 1 is 1.09 bits per heavy atom. The van der Waals surface area contributed by atoms with E-state index < -0.39 is 0 Å². The SMILES string of the molecule is CCOc1ccc(CC(=O)Nc2ccccc2C(C)C)cc1. The van der Waals surface area contributed by atoms with Crippen LogP contribution in [0.15, 0.2) is 48.5 Å². The molecule has 0 spiro atoms. The number of carbonyl (C=O) groups excluding carboxylic acids is 1. The molecular weight excluding hydrogens is 274 g/mol. The number of nitrogens with one attached hydrogen (secondary N) is 1. The van der Waals surface area contributed by atoms with Gasteiger partial charge in [-0.1, -0.05) is 44.2 Å². The van der Waals surface area contributed by atoms with Crippen molar-refractivity contribution in [2.24, 2.45) is 0 Å². The highest BCUT2D eigenvalue weighted by molar-refractivity contribution is 5.93. The number of ether oxygens (including phenoxy) is 1. The van der Waals surface area contributed by atoms with E-state index in [0.717, 1.165) is 22.6 Å². The Bertz CT molecular complexity index is 618. The Labute approximate surface area is 132 Å². The van der Waals surface area contributed by atoms with Crippen molar-refractivity contribution >= 4 is 11.6 Å². The zero-order chi connectivity index (χ0) is 15.9. The standard InChI is InChI=1S/C19H23NO2/c1-4-22-16-11-9-15(10-12-16)13-19(21)20-18-8-6-5-7-17(18)14(2)3/h5-12,14H,4,13H2,1-3H3,(H,20,21). The van der Waals surface area contributed by atoms with Crippen molar-refractivity contribution in [3.05, 3.63) is 59.7 Å². The number of hydrogen-bond acceptors (Lipinski definition) is 2. The summed E-state index contributed by atoms with van der Waals surface area (Å²) in [6, 6.07) is 15.6. The normalized spacial score (nSPS) is 10.5. The van der Waals surface area contributed by atoms with Crippen LogP contribution in [-0.2, 0) is 11.2 Å². The molecule has 1 amide bonds. The lowest BCUT2D eigenvalue weighted by molar-refractivity contribution is -0.115. The van der Waals surface area contributed by atoms with Gasteiger partial charge in [0.25, 0.3) is 0 Å². The molecule has 0 radical (unpaired) electrons. The third kappa shape index (κ3) is 4.35. The number of rotatable bonds is 6. The van der Waals surface area contributed by atoms with Crippen LogP contribution in [0.1, 0.15) is 37.8 Å². The Balaban J connectivity index is 2.01. The summed E-state index contributed by atoms with van der Waals surface area (Å²) in [6.07, 6.45) is 0.360. The number of hydrogen-bond donors (Lipinski definition) is 1. The first-order chi connectivity index (χ1) is 10.6. The fraction of sp³-hybridized carbons (Fsp3) is 0.316. The van der Waals surface area contributed by atoms with Crippen LogP contribution in [0.3, 0.4) is 0 Å². The van der Waals surface area contributed by atoms with E-state index >= 15 is 0 Å². The van der Waals surface area contributed by atoms with E-state index in [1.807, 2.05) is 49.4 Å². The first kappa shape index (κ1) is 16.1. The van der Waals surface area contributed by atoms with Gasteiger partial charge in [-0.2, -0.15) is 0 Å². The van der Waals surface area contributed by atoms with Crippen LogP contribution >= 0.6 is 0 Å². The molecule has 3 nitrogen and oxygen atoms in total. The molecule has 0 saturated heterocycles. The fourth-order valence-electron chi connectivity index (χ4n) is 2.36. The number of anilines is 1. The smallest absolute Gasteiger partial charge is 0.228 e. The number of para-hydroxylation sites is 1. The van der Waals surface area contributed by atoms with Gasteiger partial charge in [0, 0.05) is 5.69 Å². The van der Waals surface area contributed by atoms with Crippen molar-refractivity contribution in [3.63, 3.8) is 0 Å². The van der Waals surface area contributed by atoms with Gasteiger partial charge in [0.1, 0.15) is 5.75 Å². The molecular formula is C19H23NO2. The van der Waals surface area contributed by atoms with Crippen LogP contribution in [0, 0.1) is 0 Å². The maximum Gasteiger partial charge on any atom is 0.228 e. The average Bonchev–Trinajstić information content (AvgIpc) is 2.50. The molecule has 2 aromatic carbocycles. The molecule has 2 rings (SSSR count). The molecule has 0 saturated carbocycles. The Kier molecular flexibility index (Phi) is 5.59. The maximum atomic E-state index is 12.2. The van der Waals surface area contributed by atoms with Crippen molar-refractivity contribution in [2.75, 3.05) is 11.9 Å². The lowest BCUT2D eigenvalue weighted by Gasteiger charge is -2.13. The first-order valence-electron chi connectivity index (χ1n) is 7.70. The van der Waals surface area contributed by atoms with Crippen LogP contribution in [0.5, 0.6) is 5.75 Å². The van der Waals surface area contributed by atoms with Crippen molar-refractivity contribution < 1.29 is 9.53 Å². The topological polar surface area (TPSA) is 38.3 Å². The van der Waals surface area contributed by atoms with Crippen molar-refractivity contribution in [3.8, 4) is 5.75 Å². The quantitative estimate of drug-likeness (QED) is 0.858. The predicted molar refractivity (Wildman–Crippen MR) is 90.5 cm³/mol. The van der Waals surface area contributed by atoms with Gasteiger partial charge in [-0.15, -0.1) is 0 Å². The van der Waals surface area contributed by atoms with Crippen molar-refractivity contribution in [1.82, 2.24) is 0 Å². The summed E-state index contributed by atoms with van der Waals surface area (Å²) in [6.45, 7) is 6.84. The third-order valence-electron chi connectivity index (χ3n) is 3.46. The molecule has 0 heterocycles. The van der Waals surface area contributed by atoms with Crippen LogP contribution in [0.4, 0.5) is 5.69 Å². The van der Waals surface area contributed by atoms with E-state index in [2.05, 4.69) is 25.2 Å². The highest BCUT2D eigenvalue weighted by Gasteiger charge is 2.09. The van der Waals surface area contributed by atoms with E-state index in [0.29, 0.717) is 18.9 Å². The van der Waals surface area contributed by atoms with E-state index in [1.54, 1.807) is 0 Å². The van der Waals surface area contributed by atoms with E-state index in [-0.39, 0.29) is 5.91 Å². The summed E-state index contributed by atoms with van der Waals surface area (Å²) in [5.41, 5.74) is 3.03. The molecule has 22 heavy (non-hydrogen) atoms. The predicted octanol–water partition coefficient (Wildman–Crippen LogP) is 4.39. The zero-order valence-electron chi connectivity index (χ0n) is 13.4. The maximum absolute atomic E-state index is 12.2. The number of amides is 1. The Hall–Kier alpha value is -2.29. The molecule has 0 aliphatic carbocycles. The Morgan fingerprint density at radius 2 is 1.77 bits per heavy atom. The van der Waals surface area contributed by atoms with Gasteiger partial charge in [-0.3, -0.25) is 4.79 Å². The molecule has 0 aromatic heterocycles. The minimum atomic E-state index is -0.00254. The van der Waals surface area contributed by atoms with Gasteiger partial charge in [0.2, 0.25) is 5.91 Å². The van der Waals surface area contributed by atoms with Crippen LogP contribution in [-0.4, -0.2) is 12.5 Å². The van der Waals surface area contributed by atoms with Crippen molar-refractivity contribution in [2.45, 2.75) is 33.1 Å². The molecule has 0 fully saturated rings. The van der Waals surface area contributed by atoms with Gasteiger partial charge >= 0.3 is 0 Å². The van der Waals surface area contributed by atoms with E-state index in [4.69, 9.17) is 4.74 Å². The minimum Gasteiger partial charge on any atom is -0.494 e. The summed E-state index contributed by atoms with van der Waals surface area (Å²) in [7, 11) is 0.